The molecule has 2 unspecified atom stereocenters. The second kappa shape index (κ2) is 11.3. The summed E-state index contributed by atoms with van der Waals surface area (Å²) >= 11 is 12.6. The van der Waals surface area contributed by atoms with Gasteiger partial charge in [-0.25, -0.2) is 4.79 Å². The average Bonchev–Trinajstić information content (AvgIpc) is 3.24. The highest BCUT2D eigenvalue weighted by molar-refractivity contribution is 6.32. The second-order valence-corrected chi connectivity index (χ2v) is 8.34. The Morgan fingerprint density at radius 1 is 1.15 bits per heavy atom. The third-order valence-electron chi connectivity index (χ3n) is 4.97. The number of rotatable bonds is 10. The molecule has 3 aromatic rings. The van der Waals surface area contributed by atoms with E-state index >= 15 is 0 Å². The maximum Gasteiger partial charge on any atom is 0.332 e. The summed E-state index contributed by atoms with van der Waals surface area (Å²) < 4.78 is 5.00. The Hall–Kier alpha value is -2.91. The summed E-state index contributed by atoms with van der Waals surface area (Å²) in [6, 6.07) is 13.6. The lowest BCUT2D eigenvalue weighted by Gasteiger charge is -2.21. The Labute approximate surface area is 200 Å². The fourth-order valence-corrected chi connectivity index (χ4v) is 3.80. The van der Waals surface area contributed by atoms with E-state index in [1.54, 1.807) is 18.2 Å². The number of carboxylic acid groups (broad SMARTS) is 1. The molecule has 33 heavy (non-hydrogen) atoms. The molecule has 10 heteroatoms. The van der Waals surface area contributed by atoms with Crippen LogP contribution in [0.1, 0.15) is 28.2 Å². The van der Waals surface area contributed by atoms with E-state index < -0.39 is 24.0 Å². The normalized spacial score (nSPS) is 12.8. The number of ether oxygens (including phenoxy) is 1. The van der Waals surface area contributed by atoms with Crippen molar-refractivity contribution in [3.63, 3.8) is 0 Å². The van der Waals surface area contributed by atoms with Gasteiger partial charge >= 0.3 is 5.97 Å². The molecule has 0 saturated heterocycles. The van der Waals surface area contributed by atoms with Crippen molar-refractivity contribution in [3.8, 4) is 11.1 Å². The lowest BCUT2D eigenvalue weighted by Crippen LogP contribution is -2.40. The Bertz CT molecular complexity index is 1130. The van der Waals surface area contributed by atoms with Crippen molar-refractivity contribution in [3.05, 3.63) is 75.5 Å². The summed E-state index contributed by atoms with van der Waals surface area (Å²) in [6.45, 7) is 0.260. The molecule has 0 saturated carbocycles. The predicted molar refractivity (Wildman–Crippen MR) is 124 cm³/mol. The zero-order chi connectivity index (χ0) is 24.0. The van der Waals surface area contributed by atoms with Crippen molar-refractivity contribution in [2.75, 3.05) is 7.11 Å². The highest BCUT2D eigenvalue weighted by Crippen LogP contribution is 2.28. The average molecular weight is 492 g/mol. The zero-order valence-electron chi connectivity index (χ0n) is 17.7. The maximum absolute atomic E-state index is 12.7. The maximum atomic E-state index is 12.7. The minimum atomic E-state index is -1.65. The number of aliphatic hydroxyl groups excluding tert-OH is 1. The molecule has 0 aliphatic rings. The van der Waals surface area contributed by atoms with Crippen LogP contribution in [0.25, 0.3) is 11.1 Å². The minimum absolute atomic E-state index is 0.124. The Morgan fingerprint density at radius 3 is 2.58 bits per heavy atom. The van der Waals surface area contributed by atoms with Crippen LogP contribution in [0.5, 0.6) is 0 Å². The Morgan fingerprint density at radius 2 is 1.91 bits per heavy atom. The molecule has 0 aliphatic heterocycles. The van der Waals surface area contributed by atoms with E-state index in [0.717, 1.165) is 11.1 Å². The summed E-state index contributed by atoms with van der Waals surface area (Å²) in [5.41, 5.74) is 3.18. The summed E-state index contributed by atoms with van der Waals surface area (Å²) in [5, 5.41) is 29.4. The van der Waals surface area contributed by atoms with E-state index in [9.17, 15) is 14.7 Å². The van der Waals surface area contributed by atoms with Crippen molar-refractivity contribution in [1.82, 2.24) is 15.5 Å². The zero-order valence-corrected chi connectivity index (χ0v) is 19.2. The molecular formula is C23H23Cl2N3O5. The van der Waals surface area contributed by atoms with Crippen LogP contribution in [0.3, 0.4) is 0 Å². The number of aromatic amines is 1. The van der Waals surface area contributed by atoms with Gasteiger partial charge in [0.25, 0.3) is 5.91 Å². The van der Waals surface area contributed by atoms with Crippen molar-refractivity contribution < 1.29 is 24.5 Å². The van der Waals surface area contributed by atoms with E-state index in [1.807, 2.05) is 24.3 Å². The van der Waals surface area contributed by atoms with E-state index in [4.69, 9.17) is 33.0 Å². The number of hydrogen-bond donors (Lipinski definition) is 4. The number of H-pyrrole nitrogens is 1. The van der Waals surface area contributed by atoms with Gasteiger partial charge in [-0.3, -0.25) is 9.89 Å². The van der Waals surface area contributed by atoms with E-state index in [1.165, 1.54) is 13.2 Å². The van der Waals surface area contributed by atoms with Gasteiger partial charge in [0.2, 0.25) is 0 Å². The number of nitrogens with one attached hydrogen (secondary N) is 2. The minimum Gasteiger partial charge on any atom is -0.479 e. The van der Waals surface area contributed by atoms with E-state index in [-0.39, 0.29) is 25.1 Å². The number of aliphatic hydroxyl groups is 1. The largest absolute Gasteiger partial charge is 0.479 e. The lowest BCUT2D eigenvalue weighted by molar-refractivity contribution is -0.147. The molecule has 0 aliphatic carbocycles. The van der Waals surface area contributed by atoms with E-state index in [2.05, 4.69) is 15.5 Å². The fourth-order valence-electron chi connectivity index (χ4n) is 3.36. The first-order chi connectivity index (χ1) is 15.8. The third kappa shape index (κ3) is 6.79. The number of benzene rings is 2. The Kier molecular flexibility index (Phi) is 8.46. The molecule has 1 amide bonds. The molecule has 2 aromatic carbocycles. The van der Waals surface area contributed by atoms with Crippen LogP contribution < -0.4 is 5.32 Å². The van der Waals surface area contributed by atoms with Gasteiger partial charge in [0.1, 0.15) is 5.69 Å². The smallest absolute Gasteiger partial charge is 0.332 e. The number of aliphatic carboxylic acids is 1. The number of amides is 1. The fraction of sp³-hybridized carbons (Fsp3) is 0.261. The number of hydrogen-bond acceptors (Lipinski definition) is 5. The van der Waals surface area contributed by atoms with Crippen molar-refractivity contribution in [1.29, 1.82) is 0 Å². The quantitative estimate of drug-likeness (QED) is 0.342. The van der Waals surface area contributed by atoms with Gasteiger partial charge in [-0.05, 0) is 47.4 Å². The topological polar surface area (TPSA) is 125 Å². The van der Waals surface area contributed by atoms with E-state index in [0.29, 0.717) is 21.3 Å². The molecule has 174 valence electrons. The molecule has 2 atom stereocenters. The van der Waals surface area contributed by atoms with Crippen molar-refractivity contribution >= 4 is 35.1 Å². The SMILES string of the molecule is COCc1cc(C(=O)NC(Cc2ccc(-c3cccc(Cl)c3)cc2Cl)CC(O)C(=O)O)n[nH]1. The number of carboxylic acids is 1. The standard InChI is InChI=1S/C23H23Cl2N3O5/c1-33-12-18-10-20(28-27-18)22(30)26-17(11-21(29)23(31)32)8-15-6-5-14(9-19(15)25)13-3-2-4-16(24)7-13/h2-7,9-10,17,21,29H,8,11-12H2,1H3,(H,26,30)(H,27,28)(H,31,32). The predicted octanol–water partition coefficient (Wildman–Crippen LogP) is 3.71. The molecule has 8 nitrogen and oxygen atoms in total. The molecule has 3 rings (SSSR count). The van der Waals surface area contributed by atoms with Gasteiger partial charge in [-0.2, -0.15) is 5.10 Å². The van der Waals surface area contributed by atoms with Crippen LogP contribution in [0, 0.1) is 0 Å². The third-order valence-corrected chi connectivity index (χ3v) is 5.56. The number of methoxy groups -OCH3 is 1. The highest BCUT2D eigenvalue weighted by atomic mass is 35.5. The molecule has 0 radical (unpaired) electrons. The van der Waals surface area contributed by atoms with Crippen LogP contribution in [0.2, 0.25) is 10.0 Å². The van der Waals surface area contributed by atoms with Crippen LogP contribution in [0.4, 0.5) is 0 Å². The summed E-state index contributed by atoms with van der Waals surface area (Å²) in [4.78, 5) is 23.8. The van der Waals surface area contributed by atoms with Gasteiger partial charge in [0.05, 0.1) is 12.3 Å². The summed E-state index contributed by atoms with van der Waals surface area (Å²) in [6.07, 6.45) is -1.65. The van der Waals surface area contributed by atoms with Crippen molar-refractivity contribution in [2.45, 2.75) is 31.6 Å². The van der Waals surface area contributed by atoms with Crippen molar-refractivity contribution in [2.24, 2.45) is 0 Å². The Balaban J connectivity index is 1.79. The number of halogens is 2. The molecule has 1 aromatic heterocycles. The highest BCUT2D eigenvalue weighted by Gasteiger charge is 2.24. The first kappa shape index (κ1) is 24.7. The van der Waals surface area contributed by atoms with Crippen LogP contribution in [0.15, 0.2) is 48.5 Å². The van der Waals surface area contributed by atoms with Gasteiger partial charge < -0.3 is 20.3 Å². The number of carbonyl (C=O) groups is 2. The first-order valence-corrected chi connectivity index (χ1v) is 10.8. The van der Waals surface area contributed by atoms with Gasteiger partial charge in [-0.15, -0.1) is 0 Å². The summed E-state index contributed by atoms with van der Waals surface area (Å²) in [7, 11) is 1.52. The molecule has 0 spiro atoms. The van der Waals surface area contributed by atoms with Gasteiger partial charge in [-0.1, -0.05) is 47.5 Å². The van der Waals surface area contributed by atoms with Crippen LogP contribution in [-0.2, 0) is 22.6 Å². The lowest BCUT2D eigenvalue weighted by atomic mass is 9.97. The van der Waals surface area contributed by atoms with Crippen LogP contribution >= 0.6 is 23.2 Å². The monoisotopic (exact) mass is 491 g/mol. The van der Waals surface area contributed by atoms with Crippen LogP contribution in [-0.4, -0.2) is 51.5 Å². The molecule has 0 bridgehead atoms. The molecular weight excluding hydrogens is 469 g/mol. The first-order valence-electron chi connectivity index (χ1n) is 10.1. The molecule has 4 N–H and O–H groups in total. The molecule has 1 heterocycles. The number of carbonyl (C=O) groups excluding carboxylic acids is 1. The second-order valence-electron chi connectivity index (χ2n) is 7.49. The number of aromatic nitrogens is 2. The van der Waals surface area contributed by atoms with Gasteiger partial charge in [0.15, 0.2) is 6.10 Å². The molecule has 0 fully saturated rings. The summed E-state index contributed by atoms with van der Waals surface area (Å²) in [5.74, 6) is -1.89. The van der Waals surface area contributed by atoms with Gasteiger partial charge in [0, 0.05) is 29.6 Å². The number of nitrogens with zero attached hydrogens (tertiary/aromatic N) is 1.